The van der Waals surface area contributed by atoms with E-state index in [1.165, 1.54) is 6.08 Å². The number of fused-ring (bicyclic) bond motifs is 1. The first-order chi connectivity index (χ1) is 13.6. The molecule has 1 N–H and O–H groups in total. The van der Waals surface area contributed by atoms with Crippen molar-refractivity contribution < 1.29 is 23.8 Å². The summed E-state index contributed by atoms with van der Waals surface area (Å²) < 4.78 is 15.9. The highest BCUT2D eigenvalue weighted by atomic mass is 16.5. The van der Waals surface area contributed by atoms with Gasteiger partial charge in [-0.2, -0.15) is 5.10 Å². The molecule has 1 aromatic rings. The number of carbonyl (C=O) groups excluding carboxylic acids is 2. The van der Waals surface area contributed by atoms with E-state index in [1.807, 2.05) is 26.0 Å². The summed E-state index contributed by atoms with van der Waals surface area (Å²) in [5.74, 6) is -0.0117. The molecular weight excluding hydrogens is 374 g/mol. The molecule has 0 radical (unpaired) electrons. The number of rotatable bonds is 4. The van der Waals surface area contributed by atoms with Gasteiger partial charge in [0.2, 0.25) is 0 Å². The van der Waals surface area contributed by atoms with Crippen molar-refractivity contribution >= 4 is 23.3 Å². The summed E-state index contributed by atoms with van der Waals surface area (Å²) >= 11 is 0. The quantitative estimate of drug-likeness (QED) is 0.361. The average molecular weight is 399 g/mol. The predicted octanol–water partition coefficient (Wildman–Crippen LogP) is 2.40. The smallest absolute Gasteiger partial charge is 0.327 e. The third-order valence-electron chi connectivity index (χ3n) is 4.79. The summed E-state index contributed by atoms with van der Waals surface area (Å²) in [6, 6.07) is 3.77. The monoisotopic (exact) mass is 399 g/mol. The van der Waals surface area contributed by atoms with Gasteiger partial charge in [-0.05, 0) is 51.8 Å². The summed E-state index contributed by atoms with van der Waals surface area (Å²) in [6.45, 7) is 7.20. The third kappa shape index (κ3) is 4.16. The third-order valence-corrected chi connectivity index (χ3v) is 4.79. The van der Waals surface area contributed by atoms with Gasteiger partial charge in [0, 0.05) is 11.6 Å². The van der Waals surface area contributed by atoms with Crippen LogP contribution >= 0.6 is 0 Å². The lowest BCUT2D eigenvalue weighted by molar-refractivity contribution is -0.146. The molecule has 2 aliphatic rings. The number of nitrogens with one attached hydrogen (secondary N) is 1. The lowest BCUT2D eigenvalue weighted by Gasteiger charge is -2.29. The summed E-state index contributed by atoms with van der Waals surface area (Å²) in [4.78, 5) is 29.1. The van der Waals surface area contributed by atoms with Crippen LogP contribution in [0.2, 0.25) is 0 Å². The second-order valence-electron chi connectivity index (χ2n) is 7.69. The highest BCUT2D eigenvalue weighted by Crippen LogP contribution is 2.35. The number of esters is 1. The first kappa shape index (κ1) is 20.6. The molecule has 2 heterocycles. The van der Waals surface area contributed by atoms with E-state index in [0.717, 1.165) is 11.1 Å². The minimum absolute atomic E-state index is 0.283. The highest BCUT2D eigenvalue weighted by molar-refractivity contribution is 6.23. The van der Waals surface area contributed by atoms with Crippen molar-refractivity contribution in [3.8, 4) is 11.5 Å². The number of cyclic esters (lactones) is 1. The topological polar surface area (TPSA) is 98.6 Å². The maximum Gasteiger partial charge on any atom is 0.327 e. The Hall–Kier alpha value is -3.16. The van der Waals surface area contributed by atoms with E-state index in [2.05, 4.69) is 10.5 Å². The molecule has 1 unspecified atom stereocenters. The first-order valence-corrected chi connectivity index (χ1v) is 9.24. The fraction of sp³-hybridized carbons (Fsp3) is 0.429. The van der Waals surface area contributed by atoms with Crippen molar-refractivity contribution in [2.24, 2.45) is 16.0 Å². The summed E-state index contributed by atoms with van der Waals surface area (Å²) in [7, 11) is 3.16. The van der Waals surface area contributed by atoms with Crippen LogP contribution in [-0.2, 0) is 20.7 Å². The summed E-state index contributed by atoms with van der Waals surface area (Å²) in [6.07, 6.45) is 2.02. The molecule has 0 saturated heterocycles. The predicted molar refractivity (Wildman–Crippen MR) is 108 cm³/mol. The number of ether oxygens (including phenoxy) is 3. The zero-order chi connectivity index (χ0) is 21.3. The van der Waals surface area contributed by atoms with Gasteiger partial charge in [-0.3, -0.25) is 20.0 Å². The van der Waals surface area contributed by atoms with Crippen LogP contribution < -0.4 is 14.9 Å². The molecule has 1 atom stereocenters. The van der Waals surface area contributed by atoms with Crippen LogP contribution in [0.25, 0.3) is 0 Å². The number of hydrogen-bond acceptors (Lipinski definition) is 8. The Morgan fingerprint density at radius 2 is 1.90 bits per heavy atom. The summed E-state index contributed by atoms with van der Waals surface area (Å²) in [5, 5.41) is 4.27. The number of aliphatic imine (C=N–C) groups is 1. The van der Waals surface area contributed by atoms with Gasteiger partial charge < -0.3 is 14.2 Å². The fourth-order valence-corrected chi connectivity index (χ4v) is 3.47. The van der Waals surface area contributed by atoms with Gasteiger partial charge in [0.05, 0.1) is 25.5 Å². The molecule has 8 nitrogen and oxygen atoms in total. The summed E-state index contributed by atoms with van der Waals surface area (Å²) in [5.41, 5.74) is 4.73. The van der Waals surface area contributed by atoms with Gasteiger partial charge in [-0.25, -0.2) is 0 Å². The van der Waals surface area contributed by atoms with E-state index in [-0.39, 0.29) is 17.1 Å². The average Bonchev–Trinajstić information content (AvgIpc) is 2.63. The van der Waals surface area contributed by atoms with E-state index in [4.69, 9.17) is 19.2 Å². The van der Waals surface area contributed by atoms with Crippen LogP contribution in [0.1, 0.15) is 38.8 Å². The SMILES string of the molecule is COc1cc2c(cc1OC)C(NN=C(C)C1C(=O)C=C(C)OC1=O)=NC(C)(C)C2. The molecule has 0 aromatic heterocycles. The number of hydrazone groups is 1. The molecule has 154 valence electrons. The number of amidine groups is 1. The Kier molecular flexibility index (Phi) is 5.46. The lowest BCUT2D eigenvalue weighted by Crippen LogP contribution is -2.37. The molecule has 0 bridgehead atoms. The second-order valence-corrected chi connectivity index (χ2v) is 7.69. The first-order valence-electron chi connectivity index (χ1n) is 9.24. The van der Waals surface area contributed by atoms with Crippen molar-refractivity contribution in [1.82, 2.24) is 5.43 Å². The van der Waals surface area contributed by atoms with Gasteiger partial charge in [-0.15, -0.1) is 0 Å². The number of nitrogens with zero attached hydrogens (tertiary/aromatic N) is 2. The van der Waals surface area contributed by atoms with E-state index < -0.39 is 11.9 Å². The number of benzene rings is 1. The van der Waals surface area contributed by atoms with E-state index in [9.17, 15) is 9.59 Å². The normalized spacial score (nSPS) is 20.9. The van der Waals surface area contributed by atoms with Crippen molar-refractivity contribution in [1.29, 1.82) is 0 Å². The molecule has 0 spiro atoms. The lowest BCUT2D eigenvalue weighted by atomic mass is 9.88. The number of carbonyl (C=O) groups is 2. The number of ketones is 1. The molecule has 8 heteroatoms. The fourth-order valence-electron chi connectivity index (χ4n) is 3.47. The molecular formula is C21H25N3O5. The van der Waals surface area contributed by atoms with Gasteiger partial charge in [0.25, 0.3) is 0 Å². The minimum Gasteiger partial charge on any atom is -0.493 e. The Balaban J connectivity index is 1.94. The maximum absolute atomic E-state index is 12.2. The molecule has 0 saturated carbocycles. The van der Waals surface area contributed by atoms with Gasteiger partial charge >= 0.3 is 5.97 Å². The molecule has 0 amide bonds. The van der Waals surface area contributed by atoms with Crippen molar-refractivity contribution in [3.63, 3.8) is 0 Å². The van der Waals surface area contributed by atoms with Crippen LogP contribution in [0, 0.1) is 5.92 Å². The van der Waals surface area contributed by atoms with Crippen LogP contribution in [0.3, 0.4) is 0 Å². The van der Waals surface area contributed by atoms with Crippen LogP contribution in [0.5, 0.6) is 11.5 Å². The zero-order valence-electron chi connectivity index (χ0n) is 17.5. The number of methoxy groups -OCH3 is 2. The Labute approximate surface area is 169 Å². The number of hydrogen-bond donors (Lipinski definition) is 1. The molecule has 1 aromatic carbocycles. The molecule has 2 aliphatic heterocycles. The van der Waals surface area contributed by atoms with Crippen LogP contribution in [-0.4, -0.2) is 43.1 Å². The Morgan fingerprint density at radius 1 is 1.24 bits per heavy atom. The van der Waals surface area contributed by atoms with Gasteiger partial charge in [0.15, 0.2) is 23.2 Å². The van der Waals surface area contributed by atoms with E-state index in [0.29, 0.717) is 29.5 Å². The molecule has 0 fully saturated rings. The maximum atomic E-state index is 12.2. The highest BCUT2D eigenvalue weighted by Gasteiger charge is 2.34. The Bertz CT molecular complexity index is 959. The van der Waals surface area contributed by atoms with E-state index in [1.54, 1.807) is 28.1 Å². The van der Waals surface area contributed by atoms with Crippen LogP contribution in [0.15, 0.2) is 34.1 Å². The zero-order valence-corrected chi connectivity index (χ0v) is 17.5. The molecule has 29 heavy (non-hydrogen) atoms. The van der Waals surface area contributed by atoms with Crippen molar-refractivity contribution in [3.05, 3.63) is 35.1 Å². The van der Waals surface area contributed by atoms with Gasteiger partial charge in [0.1, 0.15) is 11.6 Å². The molecule has 0 aliphatic carbocycles. The van der Waals surface area contributed by atoms with Crippen molar-refractivity contribution in [2.45, 2.75) is 39.7 Å². The Morgan fingerprint density at radius 3 is 2.52 bits per heavy atom. The largest absolute Gasteiger partial charge is 0.493 e. The number of allylic oxidation sites excluding steroid dienone is 2. The van der Waals surface area contributed by atoms with E-state index >= 15 is 0 Å². The second kappa shape index (κ2) is 7.69. The van der Waals surface area contributed by atoms with Crippen LogP contribution in [0.4, 0.5) is 0 Å². The van der Waals surface area contributed by atoms with Crippen molar-refractivity contribution in [2.75, 3.05) is 14.2 Å². The minimum atomic E-state index is -1.06. The standard InChI is InChI=1S/C21H25N3O5/c1-11-7-15(25)18(20(26)29-11)12(2)23-24-19-14-9-17(28-6)16(27-5)8-13(14)10-21(3,4)22-19/h7-9,18H,10H2,1-6H3,(H,22,24). The van der Waals surface area contributed by atoms with Gasteiger partial charge in [-0.1, -0.05) is 0 Å². The molecule has 3 rings (SSSR count).